The molecule has 0 radical (unpaired) electrons. The number of unbranched alkanes of at least 4 members (excludes halogenated alkanes) is 25. The van der Waals surface area contributed by atoms with Crippen LogP contribution in [0.2, 0.25) is 0 Å². The number of phenols is 1. The van der Waals surface area contributed by atoms with E-state index in [-0.39, 0.29) is 73.6 Å². The summed E-state index contributed by atoms with van der Waals surface area (Å²) in [5.74, 6) is -0.00368. The third kappa shape index (κ3) is 45.2. The summed E-state index contributed by atoms with van der Waals surface area (Å²) in [6.07, 6.45) is 46.8. The van der Waals surface area contributed by atoms with Crippen molar-refractivity contribution in [1.29, 1.82) is 0 Å². The average Bonchev–Trinajstić information content (AvgIpc) is 0.760. The van der Waals surface area contributed by atoms with E-state index >= 15 is 0 Å². The van der Waals surface area contributed by atoms with Gasteiger partial charge in [0.1, 0.15) is 29.5 Å². The summed E-state index contributed by atoms with van der Waals surface area (Å²) in [5.41, 5.74) is 3.73. The molecule has 0 aromatic heterocycles. The molecular formula is C75H114N3O16PS. The number of methoxy groups -OCH3 is 1. The number of amides is 1. The minimum Gasteiger partial charge on any atom is -0.508 e. The molecule has 21 heteroatoms. The Bertz CT molecular complexity index is 2920. The number of aromatic hydroxyl groups is 1. The maximum atomic E-state index is 12.3. The van der Waals surface area contributed by atoms with E-state index in [9.17, 15) is 33.6 Å². The van der Waals surface area contributed by atoms with Gasteiger partial charge in [-0.2, -0.15) is 9.59 Å². The zero-order valence-corrected chi connectivity index (χ0v) is 59.6. The molecule has 19 nitrogen and oxygen atoms in total. The highest BCUT2D eigenvalue weighted by Crippen LogP contribution is 2.41. The zero-order chi connectivity index (χ0) is 70.1. The lowest BCUT2D eigenvalue weighted by Gasteiger charge is -2.17. The molecule has 2 aliphatic rings. The average molecular weight is 1380 g/mol. The number of Topliss-reactive ketones (excluding diaryl/α,β-unsaturated/α-hetero) is 1. The molecule has 0 saturated carbocycles. The molecule has 1 amide bonds. The van der Waals surface area contributed by atoms with Gasteiger partial charge in [0.25, 0.3) is 0 Å². The first kappa shape index (κ1) is 85.7. The number of rotatable bonds is 53. The predicted molar refractivity (Wildman–Crippen MR) is 385 cm³/mol. The quantitative estimate of drug-likeness (QED) is 0.00598. The number of carbonyl (C=O) groups is 4. The van der Waals surface area contributed by atoms with Crippen LogP contribution in [0.4, 0.5) is 5.69 Å². The summed E-state index contributed by atoms with van der Waals surface area (Å²) in [6, 6.07) is 17.4. The van der Waals surface area contributed by atoms with Gasteiger partial charge in [-0.3, -0.25) is 28.5 Å². The van der Waals surface area contributed by atoms with Gasteiger partial charge in [0, 0.05) is 86.6 Å². The lowest BCUT2D eigenvalue weighted by molar-refractivity contribution is -0.191. The number of ether oxygens (including phenoxy) is 3. The highest BCUT2D eigenvalue weighted by atomic mass is 32.1. The molecule has 2 aromatic rings. The molecule has 0 spiro atoms. The van der Waals surface area contributed by atoms with Gasteiger partial charge < -0.3 is 49.5 Å². The summed E-state index contributed by atoms with van der Waals surface area (Å²) in [7, 11) is -2.93. The molecule has 6 N–H and O–H groups in total. The number of benzene rings is 3. The third-order valence-electron chi connectivity index (χ3n) is 15.9. The van der Waals surface area contributed by atoms with Gasteiger partial charge in [-0.15, -0.1) is 0 Å². The first-order chi connectivity index (χ1) is 46.5. The molecule has 2 aromatic carbocycles. The Morgan fingerprint density at radius 3 is 1.66 bits per heavy atom. The van der Waals surface area contributed by atoms with E-state index in [1.165, 1.54) is 134 Å². The maximum absolute atomic E-state index is 12.3. The number of ketones is 1. The first-order valence-electron chi connectivity index (χ1n) is 35.5. The lowest BCUT2D eigenvalue weighted by Crippen LogP contribution is -2.29. The van der Waals surface area contributed by atoms with Gasteiger partial charge in [0.05, 0.1) is 13.2 Å². The van der Waals surface area contributed by atoms with Gasteiger partial charge >= 0.3 is 25.9 Å². The van der Waals surface area contributed by atoms with E-state index in [1.54, 1.807) is 25.3 Å². The first-order valence-corrected chi connectivity index (χ1v) is 37.4. The van der Waals surface area contributed by atoms with E-state index in [0.29, 0.717) is 68.1 Å². The van der Waals surface area contributed by atoms with Crippen molar-refractivity contribution in [2.45, 2.75) is 258 Å². The standard InChI is InChI=1S/C40H74O5.C34H40N3O9PS.CO2/c1-4-6-8-10-12-14-16-18-20-22-24-26-28-30-32-34-39(41)44-37-38(36-43-3)45-40(42)35-33-31-29-27-25-23-21-19-17-15-13-11-9-7-5-2;38-25(8-6-20-45-47(42,43)44)7-2-3-9-32(41)35-18-4-1-5-19-36-34(48)37-24-12-10-23(11-13-24)33-28-16-14-26(39)21-30(28)46-31-22-27(40)15-17-29(31)33;2-1-3/h18-21,38H,4-17,22-37H2,1-3H3;10-17,21-22,39H,1-9,18-20H2,(H,35,41)(H2,36,37,48)(H2,42,43,44);/b20-18-,21-19-;;. The van der Waals surface area contributed by atoms with Crippen molar-refractivity contribution in [2.75, 3.05) is 45.3 Å². The van der Waals surface area contributed by atoms with Gasteiger partial charge in [-0.25, -0.2) is 4.57 Å². The number of nitrogens with one attached hydrogen (secondary N) is 3. The van der Waals surface area contributed by atoms with Crippen LogP contribution in [0.1, 0.15) is 251 Å². The number of hydrogen-bond acceptors (Lipinski definition) is 15. The highest BCUT2D eigenvalue weighted by Gasteiger charge is 2.20. The second kappa shape index (κ2) is 56.6. The molecule has 536 valence electrons. The van der Waals surface area contributed by atoms with E-state index in [0.717, 1.165) is 98.4 Å². The van der Waals surface area contributed by atoms with Crippen LogP contribution in [0.3, 0.4) is 0 Å². The number of carbonyl (C=O) groups excluding carboxylic acids is 6. The van der Waals surface area contributed by atoms with Gasteiger partial charge in [0.15, 0.2) is 16.6 Å². The number of phosphoric ester groups is 1. The number of thiocarbonyl (C=S) groups is 1. The smallest absolute Gasteiger partial charge is 0.469 e. The van der Waals surface area contributed by atoms with Crippen LogP contribution in [0.15, 0.2) is 94.2 Å². The topological polar surface area (TPSA) is 283 Å². The predicted octanol–water partition coefficient (Wildman–Crippen LogP) is 17.4. The molecule has 1 heterocycles. The number of phosphoric acid groups is 1. The van der Waals surface area contributed by atoms with Crippen LogP contribution >= 0.6 is 20.0 Å². The molecule has 1 atom stereocenters. The third-order valence-corrected chi connectivity index (χ3v) is 16.7. The van der Waals surface area contributed by atoms with E-state index in [2.05, 4.69) is 58.6 Å². The summed E-state index contributed by atoms with van der Waals surface area (Å²) < 4.78 is 37.0. The van der Waals surface area contributed by atoms with Gasteiger partial charge in [0.2, 0.25) is 5.91 Å². The second-order valence-corrected chi connectivity index (χ2v) is 26.0. The maximum Gasteiger partial charge on any atom is 0.469 e. The fraction of sp³-hybridized carbons (Fsp3) is 0.613. The Kier molecular flexibility index (Phi) is 50.6. The summed E-state index contributed by atoms with van der Waals surface area (Å²) >= 11 is 5.45. The van der Waals surface area contributed by atoms with Crippen molar-refractivity contribution in [3.8, 4) is 28.2 Å². The van der Waals surface area contributed by atoms with E-state index in [1.807, 2.05) is 24.3 Å². The van der Waals surface area contributed by atoms with Crippen molar-refractivity contribution >= 4 is 71.6 Å². The molecule has 0 bridgehead atoms. The van der Waals surface area contributed by atoms with Crippen molar-refractivity contribution in [1.82, 2.24) is 10.6 Å². The Hall–Kier alpha value is -6.37. The van der Waals surface area contributed by atoms with E-state index in [4.69, 9.17) is 50.2 Å². The number of esters is 2. The molecule has 4 rings (SSSR count). The van der Waals surface area contributed by atoms with Crippen LogP contribution in [0, 0.1) is 0 Å². The minimum atomic E-state index is -4.50. The number of allylic oxidation sites excluding steroid dienone is 4. The number of phenolic OH excluding ortho intramolecular Hbond substituents is 1. The molecule has 1 aliphatic heterocycles. The molecular weight excluding hydrogens is 1260 g/mol. The summed E-state index contributed by atoms with van der Waals surface area (Å²) in [6.45, 7) is 5.91. The van der Waals surface area contributed by atoms with Crippen LogP contribution in [0.5, 0.6) is 5.75 Å². The van der Waals surface area contributed by atoms with Crippen LogP contribution in [-0.4, -0.2) is 95.9 Å². The van der Waals surface area contributed by atoms with Crippen molar-refractivity contribution in [2.24, 2.45) is 0 Å². The van der Waals surface area contributed by atoms with E-state index < -0.39 is 13.9 Å². The normalized spacial score (nSPS) is 11.6. The van der Waals surface area contributed by atoms with Gasteiger partial charge in [-0.1, -0.05) is 153 Å². The molecule has 1 unspecified atom stereocenters. The Morgan fingerprint density at radius 1 is 0.594 bits per heavy atom. The monoisotopic (exact) mass is 1380 g/mol. The number of hydrogen-bond donors (Lipinski definition) is 6. The van der Waals surface area contributed by atoms with Crippen molar-refractivity contribution in [3.63, 3.8) is 0 Å². The Labute approximate surface area is 577 Å². The molecule has 0 saturated heterocycles. The zero-order valence-electron chi connectivity index (χ0n) is 57.9. The number of anilines is 1. The minimum absolute atomic E-state index is 0.0156. The fourth-order valence-electron chi connectivity index (χ4n) is 10.7. The van der Waals surface area contributed by atoms with Crippen LogP contribution in [-0.2, 0) is 52.1 Å². The van der Waals surface area contributed by atoms with Crippen molar-refractivity contribution in [3.05, 3.63) is 95.2 Å². The van der Waals surface area contributed by atoms with Gasteiger partial charge in [-0.05, 0) is 157 Å². The highest BCUT2D eigenvalue weighted by molar-refractivity contribution is 7.80. The van der Waals surface area contributed by atoms with Crippen LogP contribution < -0.4 is 21.4 Å². The summed E-state index contributed by atoms with van der Waals surface area (Å²) in [4.78, 5) is 93.8. The van der Waals surface area contributed by atoms with Crippen LogP contribution in [0.25, 0.3) is 33.4 Å². The molecule has 96 heavy (non-hydrogen) atoms. The largest absolute Gasteiger partial charge is 0.508 e. The fourth-order valence-corrected chi connectivity index (χ4v) is 11.3. The molecule has 1 aliphatic carbocycles. The summed E-state index contributed by atoms with van der Waals surface area (Å²) in [5, 5.41) is 20.6. The Morgan fingerprint density at radius 2 is 1.09 bits per heavy atom. The Balaban J connectivity index is 0.000000629. The molecule has 0 fully saturated rings. The SMILES string of the molecule is CCCCCCCC/C=C\CCCCCCCC(=O)OCC(COC)OC(=O)CCCCCCC/C=C\CCCCCCCC.O=C(CCCCC(=O)NCCCCCNC(=S)Nc1ccc(-c2c3ccc(=O)cc-3oc3cc(O)ccc23)cc1)CCCOP(=O)(O)O.O=C=O. The lowest BCUT2D eigenvalue weighted by atomic mass is 9.93. The number of fused-ring (bicyclic) bond motifs is 2. The van der Waals surface area contributed by atoms with Crippen molar-refractivity contribution < 1.29 is 71.4 Å². The second-order valence-electron chi connectivity index (χ2n) is 24.4.